The van der Waals surface area contributed by atoms with E-state index < -0.39 is 21.3 Å². The fourth-order valence-electron chi connectivity index (χ4n) is 2.77. The lowest BCUT2D eigenvalue weighted by molar-refractivity contribution is -0.127. The first-order valence-corrected chi connectivity index (χ1v) is 9.70. The van der Waals surface area contributed by atoms with Crippen LogP contribution in [-0.4, -0.2) is 44.0 Å². The summed E-state index contributed by atoms with van der Waals surface area (Å²) in [6.07, 6.45) is 0.811. The van der Waals surface area contributed by atoms with Crippen LogP contribution in [0.5, 0.6) is 0 Å². The van der Waals surface area contributed by atoms with Crippen LogP contribution in [0.25, 0.3) is 0 Å². The Labute approximate surface area is 147 Å². The number of rotatable bonds is 5. The van der Waals surface area contributed by atoms with Gasteiger partial charge in [-0.25, -0.2) is 8.42 Å². The van der Waals surface area contributed by atoms with Crippen molar-refractivity contribution in [2.75, 3.05) is 18.8 Å². The van der Waals surface area contributed by atoms with Gasteiger partial charge in [-0.3, -0.25) is 14.3 Å². The van der Waals surface area contributed by atoms with Gasteiger partial charge in [0.25, 0.3) is 5.91 Å². The van der Waals surface area contributed by atoms with Crippen molar-refractivity contribution in [1.29, 1.82) is 5.26 Å². The summed E-state index contributed by atoms with van der Waals surface area (Å²) in [4.78, 5) is 26.5. The molecule has 25 heavy (non-hydrogen) atoms. The minimum absolute atomic E-state index is 0.108. The molecular formula is C17H21N3O4S. The van der Waals surface area contributed by atoms with Gasteiger partial charge in [-0.2, -0.15) is 5.26 Å². The highest BCUT2D eigenvalue weighted by molar-refractivity contribution is 7.90. The van der Waals surface area contributed by atoms with E-state index in [4.69, 9.17) is 5.26 Å². The van der Waals surface area contributed by atoms with Gasteiger partial charge in [0.05, 0.1) is 22.8 Å². The van der Waals surface area contributed by atoms with Crippen LogP contribution in [0.15, 0.2) is 24.3 Å². The van der Waals surface area contributed by atoms with Gasteiger partial charge in [0.15, 0.2) is 0 Å². The Balaban J connectivity index is 2.07. The lowest BCUT2D eigenvalue weighted by Crippen LogP contribution is -2.44. The number of sulfonamides is 1. The largest absolute Gasteiger partial charge is 0.338 e. The summed E-state index contributed by atoms with van der Waals surface area (Å²) in [6, 6.07) is 8.26. The molecule has 0 radical (unpaired) electrons. The topological polar surface area (TPSA) is 107 Å². The fourth-order valence-corrected chi connectivity index (χ4v) is 3.94. The molecule has 1 aromatic rings. The number of carbonyl (C=O) groups excluding carboxylic acids is 2. The summed E-state index contributed by atoms with van der Waals surface area (Å²) in [6.45, 7) is 3.91. The molecule has 2 amide bonds. The maximum absolute atomic E-state index is 12.5. The zero-order chi connectivity index (χ0) is 18.7. The third kappa shape index (κ3) is 4.37. The van der Waals surface area contributed by atoms with Gasteiger partial charge in [0.2, 0.25) is 15.9 Å². The van der Waals surface area contributed by atoms with Crippen molar-refractivity contribution >= 4 is 21.8 Å². The number of likely N-dealkylation sites (tertiary alicyclic amines) is 1. The number of hydrogen-bond acceptors (Lipinski definition) is 5. The van der Waals surface area contributed by atoms with Crippen molar-refractivity contribution in [2.24, 2.45) is 5.41 Å². The Morgan fingerprint density at radius 3 is 2.52 bits per heavy atom. The average molecular weight is 363 g/mol. The summed E-state index contributed by atoms with van der Waals surface area (Å²) < 4.78 is 25.7. The van der Waals surface area contributed by atoms with Gasteiger partial charge in [-0.05, 0) is 44.0 Å². The third-order valence-electron chi connectivity index (χ3n) is 4.29. The van der Waals surface area contributed by atoms with Gasteiger partial charge in [0, 0.05) is 18.7 Å². The highest BCUT2D eigenvalue weighted by Crippen LogP contribution is 2.31. The Kier molecular flexibility index (Phi) is 5.48. The Hall–Kier alpha value is -2.40. The van der Waals surface area contributed by atoms with Crippen LogP contribution >= 0.6 is 0 Å². The zero-order valence-electron chi connectivity index (χ0n) is 14.3. The number of nitrogens with zero attached hydrogens (tertiary/aromatic N) is 2. The van der Waals surface area contributed by atoms with Crippen molar-refractivity contribution in [2.45, 2.75) is 26.7 Å². The lowest BCUT2D eigenvalue weighted by atomic mass is 9.89. The van der Waals surface area contributed by atoms with E-state index in [-0.39, 0.29) is 18.2 Å². The number of benzene rings is 1. The van der Waals surface area contributed by atoms with E-state index in [0.717, 1.165) is 0 Å². The van der Waals surface area contributed by atoms with Gasteiger partial charge >= 0.3 is 0 Å². The summed E-state index contributed by atoms with van der Waals surface area (Å²) >= 11 is 0. The maximum Gasteiger partial charge on any atom is 0.253 e. The molecule has 0 saturated carbocycles. The monoisotopic (exact) mass is 363 g/mol. The molecule has 1 aliphatic rings. The van der Waals surface area contributed by atoms with Crippen LogP contribution in [0.4, 0.5) is 0 Å². The van der Waals surface area contributed by atoms with E-state index in [1.807, 2.05) is 6.07 Å². The van der Waals surface area contributed by atoms with Crippen molar-refractivity contribution < 1.29 is 18.0 Å². The molecule has 1 aliphatic heterocycles. The third-order valence-corrected chi connectivity index (χ3v) is 5.73. The smallest absolute Gasteiger partial charge is 0.253 e. The van der Waals surface area contributed by atoms with Crippen molar-refractivity contribution in [3.05, 3.63) is 35.4 Å². The first kappa shape index (κ1) is 18.9. The Morgan fingerprint density at radius 1 is 1.32 bits per heavy atom. The number of carbonyl (C=O) groups is 2. The van der Waals surface area contributed by atoms with Crippen LogP contribution < -0.4 is 4.72 Å². The number of nitriles is 1. The molecule has 0 aromatic heterocycles. The van der Waals surface area contributed by atoms with Crippen LogP contribution in [0.1, 0.15) is 42.6 Å². The normalized spacial score (nSPS) is 20.1. The summed E-state index contributed by atoms with van der Waals surface area (Å²) in [5.41, 5.74) is -0.0473. The second kappa shape index (κ2) is 7.23. The minimum atomic E-state index is -3.64. The highest BCUT2D eigenvalue weighted by atomic mass is 32.2. The zero-order valence-corrected chi connectivity index (χ0v) is 15.1. The second-order valence-electron chi connectivity index (χ2n) is 6.48. The van der Waals surface area contributed by atoms with E-state index in [2.05, 4.69) is 4.72 Å². The van der Waals surface area contributed by atoms with E-state index in [9.17, 15) is 18.0 Å². The number of nitrogens with one attached hydrogen (secondary N) is 1. The van der Waals surface area contributed by atoms with Crippen LogP contribution in [0.2, 0.25) is 0 Å². The molecule has 0 aliphatic carbocycles. The van der Waals surface area contributed by atoms with Crippen molar-refractivity contribution in [3.8, 4) is 6.07 Å². The van der Waals surface area contributed by atoms with E-state index >= 15 is 0 Å². The predicted octanol–water partition coefficient (Wildman–Crippen LogP) is 1.27. The van der Waals surface area contributed by atoms with Crippen LogP contribution in [0, 0.1) is 16.7 Å². The van der Waals surface area contributed by atoms with E-state index in [1.54, 1.807) is 38.1 Å². The van der Waals surface area contributed by atoms with Crippen molar-refractivity contribution in [1.82, 2.24) is 9.62 Å². The van der Waals surface area contributed by atoms with Gasteiger partial charge < -0.3 is 4.90 Å². The molecule has 1 heterocycles. The Morgan fingerprint density at radius 2 is 1.96 bits per heavy atom. The SMILES string of the molecule is CCCS(=O)(=O)NC(=O)C1(C)CCN(C(=O)c2ccc(C#N)cc2)C1. The van der Waals surface area contributed by atoms with Gasteiger partial charge in [-0.15, -0.1) is 0 Å². The van der Waals surface area contributed by atoms with Gasteiger partial charge in [0.1, 0.15) is 0 Å². The predicted molar refractivity (Wildman–Crippen MR) is 92.0 cm³/mol. The molecule has 1 saturated heterocycles. The molecule has 1 atom stereocenters. The lowest BCUT2D eigenvalue weighted by Gasteiger charge is -2.23. The molecule has 1 fully saturated rings. The second-order valence-corrected chi connectivity index (χ2v) is 8.32. The summed E-state index contributed by atoms with van der Waals surface area (Å²) in [5, 5.41) is 8.80. The number of amides is 2. The number of hydrogen-bond donors (Lipinski definition) is 1. The quantitative estimate of drug-likeness (QED) is 0.847. The first-order valence-electron chi connectivity index (χ1n) is 8.05. The first-order chi connectivity index (χ1) is 11.7. The molecule has 2 rings (SSSR count). The van der Waals surface area contributed by atoms with Crippen LogP contribution in [-0.2, 0) is 14.8 Å². The summed E-state index contributed by atoms with van der Waals surface area (Å²) in [5.74, 6) is -0.920. The fraction of sp³-hybridized carbons (Fsp3) is 0.471. The average Bonchev–Trinajstić information content (AvgIpc) is 2.97. The standard InChI is InChI=1S/C17H21N3O4S/c1-3-10-25(23,24)19-16(22)17(2)8-9-20(12-17)15(21)14-6-4-13(11-18)5-7-14/h4-7H,3,8-10,12H2,1-2H3,(H,19,22). The van der Waals surface area contributed by atoms with Gasteiger partial charge in [-0.1, -0.05) is 6.92 Å². The van der Waals surface area contributed by atoms with E-state index in [1.165, 1.54) is 4.90 Å². The molecule has 0 spiro atoms. The summed E-state index contributed by atoms with van der Waals surface area (Å²) in [7, 11) is -3.64. The Bertz CT molecular complexity index is 811. The molecule has 1 N–H and O–H groups in total. The maximum atomic E-state index is 12.5. The molecule has 1 aromatic carbocycles. The minimum Gasteiger partial charge on any atom is -0.338 e. The molecular weight excluding hydrogens is 342 g/mol. The molecule has 7 nitrogen and oxygen atoms in total. The molecule has 134 valence electrons. The van der Waals surface area contributed by atoms with Crippen molar-refractivity contribution in [3.63, 3.8) is 0 Å². The highest BCUT2D eigenvalue weighted by Gasteiger charge is 2.43. The molecule has 8 heteroatoms. The molecule has 1 unspecified atom stereocenters. The molecule has 0 bridgehead atoms. The van der Waals surface area contributed by atoms with E-state index in [0.29, 0.717) is 30.5 Å². The van der Waals surface area contributed by atoms with Crippen LogP contribution in [0.3, 0.4) is 0 Å².